The van der Waals surface area contributed by atoms with E-state index in [1.165, 1.54) is 16.5 Å². The van der Waals surface area contributed by atoms with E-state index in [4.69, 9.17) is 9.97 Å². The maximum atomic E-state index is 5.32. The number of rotatable bonds is 3. The molecule has 5 aromatic carbocycles. The Hall–Kier alpha value is -5.26. The first-order valence-corrected chi connectivity index (χ1v) is 17.6. The Morgan fingerprint density at radius 3 is 1.93 bits per heavy atom. The third-order valence-electron chi connectivity index (χ3n) is 9.10. The fourth-order valence-electron chi connectivity index (χ4n) is 7.33. The van der Waals surface area contributed by atoms with Crippen molar-refractivity contribution in [2.75, 3.05) is 0 Å². The monoisotopic (exact) mass is 788 g/mol. The van der Waals surface area contributed by atoms with Gasteiger partial charge in [-0.05, 0) is 0 Å². The van der Waals surface area contributed by atoms with E-state index in [1.807, 2.05) is 0 Å². The molecule has 0 spiro atoms. The minimum absolute atomic E-state index is 0.612. The van der Waals surface area contributed by atoms with Gasteiger partial charge >= 0.3 is 280 Å². The molecule has 10 aromatic rings. The van der Waals surface area contributed by atoms with Crippen molar-refractivity contribution in [3.8, 4) is 22.6 Å². The van der Waals surface area contributed by atoms with Crippen molar-refractivity contribution < 1.29 is 0 Å². The van der Waals surface area contributed by atoms with Crippen LogP contribution in [0.25, 0.3) is 78.1 Å². The Morgan fingerprint density at radius 1 is 0.543 bits per heavy atom. The zero-order chi connectivity index (χ0) is 30.5. The first kappa shape index (κ1) is 26.0. The van der Waals surface area contributed by atoms with Crippen molar-refractivity contribution in [1.82, 2.24) is 27.9 Å². The number of nitrogens with zero attached hydrogens (tertiary/aromatic N) is 6. The Bertz CT molecular complexity index is 2630. The standard InChI is InChI=1S/C39H25N6.Bi.2H/c1-25-20-21-40-30(22-25)36-37-33(44-31-18-10-8-12-26(31)23-35(44)42(37)27-13-4-2-5-14-27)24-34-38(36)43(28-15-6-3-7-16-28)39-41-29-17-9-11-19-32(29)45(34)39;;;/h2-20,22-24H,1H3;;;. The second kappa shape index (κ2) is 9.62. The van der Waals surface area contributed by atoms with Crippen molar-refractivity contribution in [1.29, 1.82) is 0 Å². The SMILES string of the molecule is Cc1c[c]([BiH2])nc(-c2c3c(cc4c2n(-c2ccccc2)c2nc5ccccc5n42)n2c4ccccc4cc2n3-c2ccccc2)c1. The number of aromatic nitrogens is 6. The average molecular weight is 789 g/mol. The van der Waals surface area contributed by atoms with Gasteiger partial charge in [-0.2, -0.15) is 0 Å². The van der Waals surface area contributed by atoms with Gasteiger partial charge in [-0.15, -0.1) is 0 Å². The van der Waals surface area contributed by atoms with Crippen molar-refractivity contribution in [3.05, 3.63) is 139 Å². The van der Waals surface area contributed by atoms with Gasteiger partial charge in [0.25, 0.3) is 0 Å². The molecule has 0 N–H and O–H groups in total. The maximum absolute atomic E-state index is 5.32. The summed E-state index contributed by atoms with van der Waals surface area (Å²) < 4.78 is 10.7. The van der Waals surface area contributed by atoms with Crippen LogP contribution in [0.1, 0.15) is 5.56 Å². The first-order chi connectivity index (χ1) is 22.7. The number of hydrogen-bond donors (Lipinski definition) is 0. The fraction of sp³-hybridized carbons (Fsp3) is 0.0256. The number of para-hydroxylation sites is 5. The predicted molar refractivity (Wildman–Crippen MR) is 191 cm³/mol. The molecule has 0 amide bonds. The van der Waals surface area contributed by atoms with Crippen LogP contribution >= 0.6 is 0 Å². The molecule has 0 radical (unpaired) electrons. The van der Waals surface area contributed by atoms with Crippen LogP contribution in [0.2, 0.25) is 0 Å². The molecule has 0 aliphatic heterocycles. The van der Waals surface area contributed by atoms with E-state index in [9.17, 15) is 0 Å². The van der Waals surface area contributed by atoms with Crippen LogP contribution in [0.3, 0.4) is 0 Å². The van der Waals surface area contributed by atoms with Crippen molar-refractivity contribution in [2.45, 2.75) is 6.92 Å². The molecule has 7 heteroatoms. The van der Waals surface area contributed by atoms with Gasteiger partial charge in [0.05, 0.1) is 0 Å². The minimum atomic E-state index is 0.612. The molecule has 0 bridgehead atoms. The molecule has 5 heterocycles. The molecule has 5 aromatic heterocycles. The summed E-state index contributed by atoms with van der Waals surface area (Å²) in [5.41, 5.74) is 14.3. The number of hydrogen-bond acceptors (Lipinski definition) is 2. The number of aryl methyl sites for hydroxylation is 1. The van der Waals surface area contributed by atoms with Crippen LogP contribution in [-0.4, -0.2) is 52.6 Å². The van der Waals surface area contributed by atoms with Crippen LogP contribution in [0.15, 0.2) is 133 Å². The Kier molecular flexibility index (Phi) is 5.44. The van der Waals surface area contributed by atoms with Crippen LogP contribution in [-0.2, 0) is 0 Å². The van der Waals surface area contributed by atoms with Gasteiger partial charge in [0.15, 0.2) is 0 Å². The fourth-order valence-corrected chi connectivity index (χ4v) is 8.89. The van der Waals surface area contributed by atoms with E-state index < -0.39 is 0 Å². The van der Waals surface area contributed by atoms with Crippen LogP contribution in [0, 0.1) is 6.92 Å². The topological polar surface area (TPSA) is 44.5 Å². The molecule has 0 saturated heterocycles. The van der Waals surface area contributed by atoms with Crippen molar-refractivity contribution in [3.63, 3.8) is 0 Å². The second-order valence-electron chi connectivity index (χ2n) is 11.9. The van der Waals surface area contributed by atoms with Gasteiger partial charge in [-0.3, -0.25) is 0 Å². The summed E-state index contributed by atoms with van der Waals surface area (Å²) in [7, 11) is 0. The summed E-state index contributed by atoms with van der Waals surface area (Å²) in [4.78, 5) is 10.6. The Morgan fingerprint density at radius 2 is 1.17 bits per heavy atom. The van der Waals surface area contributed by atoms with Gasteiger partial charge < -0.3 is 0 Å². The number of imidazole rings is 3. The van der Waals surface area contributed by atoms with E-state index in [2.05, 4.69) is 158 Å². The van der Waals surface area contributed by atoms with Crippen LogP contribution in [0.5, 0.6) is 0 Å². The Labute approximate surface area is 278 Å². The number of benzene rings is 5. The summed E-state index contributed by atoms with van der Waals surface area (Å²) in [6.45, 7) is 2.18. The van der Waals surface area contributed by atoms with Gasteiger partial charge in [-0.25, -0.2) is 0 Å². The Balaban J connectivity index is 1.56. The molecule has 0 aliphatic carbocycles. The molecule has 0 atom stereocenters. The van der Waals surface area contributed by atoms with Crippen LogP contribution < -0.4 is 3.40 Å². The third-order valence-corrected chi connectivity index (χ3v) is 10.2. The molecule has 0 aliphatic rings. The molecule has 6 nitrogen and oxygen atoms in total. The third kappa shape index (κ3) is 3.55. The molecule has 0 unspecified atom stereocenters. The zero-order valence-electron chi connectivity index (χ0n) is 25.0. The summed E-state index contributed by atoms with van der Waals surface area (Å²) >= 11 is 0.612. The van der Waals surface area contributed by atoms with Gasteiger partial charge in [0.1, 0.15) is 0 Å². The van der Waals surface area contributed by atoms with Crippen molar-refractivity contribution >= 4 is 83.5 Å². The molecule has 0 saturated carbocycles. The van der Waals surface area contributed by atoms with Gasteiger partial charge in [0.2, 0.25) is 0 Å². The quantitative estimate of drug-likeness (QED) is 0.175. The summed E-state index contributed by atoms with van der Waals surface area (Å²) in [6, 6.07) is 47.6. The molecular weight excluding hydrogens is 761 g/mol. The normalized spacial score (nSPS) is 12.1. The number of fused-ring (bicyclic) bond motifs is 10. The molecule has 10 rings (SSSR count). The van der Waals surface area contributed by atoms with E-state index in [1.54, 1.807) is 0 Å². The predicted octanol–water partition coefficient (Wildman–Crippen LogP) is 7.41. The van der Waals surface area contributed by atoms with E-state index in [0.29, 0.717) is 24.7 Å². The van der Waals surface area contributed by atoms with E-state index in [0.717, 1.165) is 70.6 Å². The first-order valence-electron chi connectivity index (χ1n) is 15.4. The zero-order valence-corrected chi connectivity index (χ0v) is 29.5. The molecule has 0 fully saturated rings. The summed E-state index contributed by atoms with van der Waals surface area (Å²) in [5.74, 6) is 0.886. The van der Waals surface area contributed by atoms with E-state index >= 15 is 0 Å². The average Bonchev–Trinajstić information content (AvgIpc) is 3.80. The summed E-state index contributed by atoms with van der Waals surface area (Å²) in [5, 5.41) is 1.21. The second-order valence-corrected chi connectivity index (χ2v) is 14.2. The van der Waals surface area contributed by atoms with Gasteiger partial charge in [-0.1, -0.05) is 0 Å². The van der Waals surface area contributed by atoms with Crippen LogP contribution in [0.4, 0.5) is 0 Å². The number of pyridine rings is 1. The summed E-state index contributed by atoms with van der Waals surface area (Å²) in [6.07, 6.45) is 0. The molecule has 46 heavy (non-hydrogen) atoms. The van der Waals surface area contributed by atoms with Crippen molar-refractivity contribution in [2.24, 2.45) is 0 Å². The molecule has 218 valence electrons. The van der Waals surface area contributed by atoms with Gasteiger partial charge in [0, 0.05) is 0 Å². The molecular formula is C39H27BiN6. The van der Waals surface area contributed by atoms with E-state index in [-0.39, 0.29) is 0 Å².